The lowest BCUT2D eigenvalue weighted by molar-refractivity contribution is 0.0752. The van der Waals surface area contributed by atoms with E-state index in [-0.39, 0.29) is 18.0 Å². The molecule has 0 aliphatic rings. The van der Waals surface area contributed by atoms with Crippen LogP contribution < -0.4 is 5.56 Å². The van der Waals surface area contributed by atoms with Crippen LogP contribution >= 0.6 is 11.6 Å². The Morgan fingerprint density at radius 2 is 1.92 bits per heavy atom. The van der Waals surface area contributed by atoms with Crippen LogP contribution in [0.15, 0.2) is 53.3 Å². The maximum Gasteiger partial charge on any atom is 0.255 e. The van der Waals surface area contributed by atoms with E-state index >= 15 is 0 Å². The monoisotopic (exact) mass is 354 g/mol. The number of aromatic nitrogens is 1. The number of rotatable bonds is 4. The van der Waals surface area contributed by atoms with Crippen LogP contribution in [0.1, 0.15) is 28.4 Å². The molecule has 1 amide bonds. The average Bonchev–Trinajstić information content (AvgIpc) is 2.60. The number of aryl methyl sites for hydroxylation is 1. The van der Waals surface area contributed by atoms with Crippen molar-refractivity contribution in [3.63, 3.8) is 0 Å². The molecule has 4 nitrogen and oxygen atoms in total. The number of carbonyl (C=O) groups is 1. The first kappa shape index (κ1) is 17.2. The van der Waals surface area contributed by atoms with Gasteiger partial charge in [-0.25, -0.2) is 0 Å². The largest absolute Gasteiger partial charge is 0.334 e. The van der Waals surface area contributed by atoms with Crippen LogP contribution in [0, 0.1) is 6.92 Å². The van der Waals surface area contributed by atoms with Crippen LogP contribution in [0.3, 0.4) is 0 Å². The molecule has 0 saturated carbocycles. The van der Waals surface area contributed by atoms with Crippen LogP contribution in [-0.4, -0.2) is 22.3 Å². The minimum absolute atomic E-state index is 0.177. The van der Waals surface area contributed by atoms with Gasteiger partial charge in [-0.05, 0) is 49.1 Å². The predicted octanol–water partition coefficient (Wildman–Crippen LogP) is 4.15. The molecular weight excluding hydrogens is 336 g/mol. The molecule has 1 aromatic heterocycles. The SMILES string of the molecule is CCN(Cc1cc2ccc(C)cc2[nH]c1=O)C(=O)c1ccccc1Cl. The summed E-state index contributed by atoms with van der Waals surface area (Å²) in [4.78, 5) is 29.7. The number of amides is 1. The lowest BCUT2D eigenvalue weighted by Gasteiger charge is -2.21. The molecule has 0 aliphatic carbocycles. The van der Waals surface area contributed by atoms with E-state index in [2.05, 4.69) is 4.98 Å². The third-order valence-corrected chi connectivity index (χ3v) is 4.54. The summed E-state index contributed by atoms with van der Waals surface area (Å²) in [5, 5.41) is 1.36. The smallest absolute Gasteiger partial charge is 0.255 e. The van der Waals surface area contributed by atoms with Crippen molar-refractivity contribution in [1.82, 2.24) is 9.88 Å². The van der Waals surface area contributed by atoms with Gasteiger partial charge in [0, 0.05) is 17.6 Å². The topological polar surface area (TPSA) is 53.2 Å². The van der Waals surface area contributed by atoms with Crippen molar-refractivity contribution >= 4 is 28.4 Å². The summed E-state index contributed by atoms with van der Waals surface area (Å²) in [6.45, 7) is 4.58. The Hall–Kier alpha value is -2.59. The number of hydrogen-bond donors (Lipinski definition) is 1. The Morgan fingerprint density at radius 1 is 1.16 bits per heavy atom. The number of aromatic amines is 1. The highest BCUT2D eigenvalue weighted by Crippen LogP contribution is 2.19. The number of nitrogens with one attached hydrogen (secondary N) is 1. The fourth-order valence-electron chi connectivity index (χ4n) is 2.82. The van der Waals surface area contributed by atoms with E-state index in [0.29, 0.717) is 22.7 Å². The maximum absolute atomic E-state index is 12.7. The normalized spacial score (nSPS) is 10.8. The van der Waals surface area contributed by atoms with E-state index in [1.54, 1.807) is 29.2 Å². The molecule has 0 bridgehead atoms. The molecule has 0 atom stereocenters. The Kier molecular flexibility index (Phi) is 4.91. The predicted molar refractivity (Wildman–Crippen MR) is 101 cm³/mol. The Morgan fingerprint density at radius 3 is 2.64 bits per heavy atom. The zero-order chi connectivity index (χ0) is 18.0. The van der Waals surface area contributed by atoms with Crippen LogP contribution in [0.25, 0.3) is 10.9 Å². The first-order valence-electron chi connectivity index (χ1n) is 8.16. The molecule has 5 heteroatoms. The lowest BCUT2D eigenvalue weighted by atomic mass is 10.1. The molecule has 0 unspecified atom stereocenters. The minimum Gasteiger partial charge on any atom is -0.334 e. The fourth-order valence-corrected chi connectivity index (χ4v) is 3.03. The van der Waals surface area contributed by atoms with Gasteiger partial charge in [0.1, 0.15) is 0 Å². The van der Waals surface area contributed by atoms with Crippen LogP contribution in [0.2, 0.25) is 5.02 Å². The Labute approximate surface area is 151 Å². The van der Waals surface area contributed by atoms with E-state index in [9.17, 15) is 9.59 Å². The number of benzene rings is 2. The van der Waals surface area contributed by atoms with Gasteiger partial charge in [-0.1, -0.05) is 35.9 Å². The number of halogens is 1. The molecule has 2 aromatic carbocycles. The van der Waals surface area contributed by atoms with Gasteiger partial charge in [0.05, 0.1) is 17.1 Å². The first-order valence-corrected chi connectivity index (χ1v) is 8.53. The highest BCUT2D eigenvalue weighted by atomic mass is 35.5. The van der Waals surface area contributed by atoms with Crippen molar-refractivity contribution < 1.29 is 4.79 Å². The van der Waals surface area contributed by atoms with Crippen molar-refractivity contribution in [3.8, 4) is 0 Å². The van der Waals surface area contributed by atoms with Crippen LogP contribution in [0.4, 0.5) is 0 Å². The molecule has 0 spiro atoms. The molecule has 128 valence electrons. The third-order valence-electron chi connectivity index (χ3n) is 4.21. The molecule has 3 aromatic rings. The van der Waals surface area contributed by atoms with Gasteiger partial charge in [0.25, 0.3) is 11.5 Å². The molecule has 3 rings (SSSR count). The second-order valence-corrected chi connectivity index (χ2v) is 6.42. The zero-order valence-corrected chi connectivity index (χ0v) is 14.9. The number of pyridine rings is 1. The second-order valence-electron chi connectivity index (χ2n) is 6.01. The molecule has 0 saturated heterocycles. The van der Waals surface area contributed by atoms with Crippen molar-refractivity contribution in [2.45, 2.75) is 20.4 Å². The second kappa shape index (κ2) is 7.11. The summed E-state index contributed by atoms with van der Waals surface area (Å²) in [6, 6.07) is 14.7. The molecule has 0 fully saturated rings. The van der Waals surface area contributed by atoms with E-state index < -0.39 is 0 Å². The molecule has 0 radical (unpaired) electrons. The first-order chi connectivity index (χ1) is 12.0. The zero-order valence-electron chi connectivity index (χ0n) is 14.2. The summed E-state index contributed by atoms with van der Waals surface area (Å²) < 4.78 is 0. The number of nitrogens with zero attached hydrogens (tertiary/aromatic N) is 1. The number of carbonyl (C=O) groups excluding carboxylic acids is 1. The summed E-state index contributed by atoms with van der Waals surface area (Å²) in [5.41, 5.74) is 2.70. The number of fused-ring (bicyclic) bond motifs is 1. The number of H-pyrrole nitrogens is 1. The fraction of sp³-hybridized carbons (Fsp3) is 0.200. The summed E-state index contributed by atoms with van der Waals surface area (Å²) in [5.74, 6) is -0.184. The molecule has 25 heavy (non-hydrogen) atoms. The molecule has 1 N–H and O–H groups in total. The van der Waals surface area contributed by atoms with E-state index in [1.165, 1.54) is 0 Å². The van der Waals surface area contributed by atoms with Gasteiger partial charge in [-0.15, -0.1) is 0 Å². The third kappa shape index (κ3) is 3.59. The maximum atomic E-state index is 12.7. The van der Waals surface area contributed by atoms with E-state index in [4.69, 9.17) is 11.6 Å². The molecule has 1 heterocycles. The standard InChI is InChI=1S/C20H19ClN2O2/c1-3-23(20(25)16-6-4-5-7-17(16)21)12-15-11-14-9-8-13(2)10-18(14)22-19(15)24/h4-11H,3,12H2,1-2H3,(H,22,24). The van der Waals surface area contributed by atoms with Gasteiger partial charge >= 0.3 is 0 Å². The summed E-state index contributed by atoms with van der Waals surface area (Å²) in [7, 11) is 0. The molecule has 0 aliphatic heterocycles. The summed E-state index contributed by atoms with van der Waals surface area (Å²) in [6.07, 6.45) is 0. The van der Waals surface area contributed by atoms with Gasteiger partial charge in [0.15, 0.2) is 0 Å². The Balaban J connectivity index is 1.94. The molecular formula is C20H19ClN2O2. The number of hydrogen-bond acceptors (Lipinski definition) is 2. The van der Waals surface area contributed by atoms with Gasteiger partial charge in [-0.2, -0.15) is 0 Å². The van der Waals surface area contributed by atoms with Gasteiger partial charge < -0.3 is 9.88 Å². The highest BCUT2D eigenvalue weighted by molar-refractivity contribution is 6.33. The van der Waals surface area contributed by atoms with Gasteiger partial charge in [-0.3, -0.25) is 9.59 Å². The van der Waals surface area contributed by atoms with E-state index in [0.717, 1.165) is 16.5 Å². The average molecular weight is 355 g/mol. The van der Waals surface area contributed by atoms with Crippen molar-refractivity contribution in [2.24, 2.45) is 0 Å². The minimum atomic E-state index is -0.184. The highest BCUT2D eigenvalue weighted by Gasteiger charge is 2.18. The van der Waals surface area contributed by atoms with Crippen molar-refractivity contribution in [3.05, 3.63) is 80.6 Å². The quantitative estimate of drug-likeness (QED) is 0.765. The van der Waals surface area contributed by atoms with E-state index in [1.807, 2.05) is 38.1 Å². The van der Waals surface area contributed by atoms with Crippen molar-refractivity contribution in [2.75, 3.05) is 6.54 Å². The van der Waals surface area contributed by atoms with Crippen molar-refractivity contribution in [1.29, 1.82) is 0 Å². The van der Waals surface area contributed by atoms with Crippen LogP contribution in [-0.2, 0) is 6.54 Å². The van der Waals surface area contributed by atoms with Gasteiger partial charge in [0.2, 0.25) is 0 Å². The Bertz CT molecular complexity index is 994. The lowest BCUT2D eigenvalue weighted by Crippen LogP contribution is -2.32. The summed E-state index contributed by atoms with van der Waals surface area (Å²) >= 11 is 6.13. The van der Waals surface area contributed by atoms with Crippen LogP contribution in [0.5, 0.6) is 0 Å².